The molecule has 1 heterocycles. The van der Waals surface area contributed by atoms with Crippen molar-refractivity contribution in [3.05, 3.63) is 0 Å². The lowest BCUT2D eigenvalue weighted by atomic mass is 10.2. The Morgan fingerprint density at radius 1 is 1.45 bits per heavy atom. The van der Waals surface area contributed by atoms with Gasteiger partial charge in [-0.2, -0.15) is 0 Å². The Balaban J connectivity index is 2.72. The molecule has 1 saturated heterocycles. The molecular weight excluding hydrogens is 190 g/mol. The summed E-state index contributed by atoms with van der Waals surface area (Å²) in [7, 11) is -4.31. The standard InChI is InChI=1S/C5H10ClO4P/c6-5(11(7,8)9)3-1-2-4-10-5/h1-4H2,(H2,7,8,9). The Morgan fingerprint density at radius 3 is 2.36 bits per heavy atom. The van der Waals surface area contributed by atoms with Crippen molar-refractivity contribution in [2.45, 2.75) is 24.1 Å². The summed E-state index contributed by atoms with van der Waals surface area (Å²) in [6.45, 7) is 0.328. The Morgan fingerprint density at radius 2 is 2.09 bits per heavy atom. The van der Waals surface area contributed by atoms with E-state index in [0.29, 0.717) is 13.0 Å². The maximum absolute atomic E-state index is 10.7. The van der Waals surface area contributed by atoms with E-state index >= 15 is 0 Å². The van der Waals surface area contributed by atoms with Crippen LogP contribution in [0.2, 0.25) is 0 Å². The van der Waals surface area contributed by atoms with Crippen LogP contribution < -0.4 is 0 Å². The first-order chi connectivity index (χ1) is 4.96. The lowest BCUT2D eigenvalue weighted by Crippen LogP contribution is -2.29. The molecular formula is C5H10ClO4P. The molecule has 11 heavy (non-hydrogen) atoms. The van der Waals surface area contributed by atoms with Crippen LogP contribution in [0.3, 0.4) is 0 Å². The van der Waals surface area contributed by atoms with E-state index in [9.17, 15) is 4.57 Å². The molecule has 0 aromatic heterocycles. The molecule has 0 aromatic rings. The number of hydrogen-bond acceptors (Lipinski definition) is 2. The highest BCUT2D eigenvalue weighted by Crippen LogP contribution is 2.57. The first kappa shape index (κ1) is 9.49. The van der Waals surface area contributed by atoms with Crippen LogP contribution in [-0.2, 0) is 9.30 Å². The number of hydrogen-bond donors (Lipinski definition) is 2. The molecule has 1 fully saturated rings. The van der Waals surface area contributed by atoms with Crippen LogP contribution in [0, 0.1) is 0 Å². The summed E-state index contributed by atoms with van der Waals surface area (Å²) in [6, 6.07) is 0. The molecule has 1 unspecified atom stereocenters. The molecule has 0 aromatic carbocycles. The van der Waals surface area contributed by atoms with E-state index in [1.54, 1.807) is 0 Å². The van der Waals surface area contributed by atoms with Gasteiger partial charge in [-0.25, -0.2) is 0 Å². The third-order valence-electron chi connectivity index (χ3n) is 1.64. The second-order valence-electron chi connectivity index (χ2n) is 2.54. The molecule has 4 nitrogen and oxygen atoms in total. The maximum atomic E-state index is 10.7. The number of alkyl halides is 1. The summed E-state index contributed by atoms with van der Waals surface area (Å²) < 4.78 is 15.6. The zero-order chi connectivity index (χ0) is 8.54. The summed E-state index contributed by atoms with van der Waals surface area (Å²) in [5.41, 5.74) is 0. The molecule has 0 aliphatic carbocycles. The summed E-state index contributed by atoms with van der Waals surface area (Å²) in [4.78, 5) is 15.8. The Hall–Kier alpha value is 0.400. The molecule has 0 bridgehead atoms. The normalized spacial score (nSPS) is 33.7. The van der Waals surface area contributed by atoms with Crippen LogP contribution >= 0.6 is 19.2 Å². The van der Waals surface area contributed by atoms with E-state index in [4.69, 9.17) is 26.1 Å². The highest BCUT2D eigenvalue weighted by molar-refractivity contribution is 7.55. The Bertz CT molecular complexity index is 183. The summed E-state index contributed by atoms with van der Waals surface area (Å²) in [5.74, 6) is 0. The molecule has 0 spiro atoms. The molecule has 6 heteroatoms. The highest BCUT2D eigenvalue weighted by Gasteiger charge is 2.47. The van der Waals surface area contributed by atoms with Crippen molar-refractivity contribution in [1.82, 2.24) is 0 Å². The number of ether oxygens (including phenoxy) is 1. The van der Waals surface area contributed by atoms with E-state index < -0.39 is 12.4 Å². The van der Waals surface area contributed by atoms with Gasteiger partial charge in [0.2, 0.25) is 4.80 Å². The number of halogens is 1. The van der Waals surface area contributed by atoms with Crippen LogP contribution in [0.5, 0.6) is 0 Å². The van der Waals surface area contributed by atoms with Gasteiger partial charge >= 0.3 is 7.60 Å². The van der Waals surface area contributed by atoms with Crippen molar-refractivity contribution >= 4 is 19.2 Å². The van der Waals surface area contributed by atoms with E-state index in [1.807, 2.05) is 0 Å². The van der Waals surface area contributed by atoms with Gasteiger partial charge in [0.15, 0.2) is 0 Å². The third kappa shape index (κ3) is 1.95. The van der Waals surface area contributed by atoms with Crippen molar-refractivity contribution in [3.63, 3.8) is 0 Å². The van der Waals surface area contributed by atoms with Crippen molar-refractivity contribution in [3.8, 4) is 0 Å². The first-order valence-corrected chi connectivity index (χ1v) is 5.33. The van der Waals surface area contributed by atoms with Gasteiger partial charge in [-0.15, -0.1) is 0 Å². The number of rotatable bonds is 1. The van der Waals surface area contributed by atoms with Gasteiger partial charge in [-0.1, -0.05) is 11.6 Å². The van der Waals surface area contributed by atoms with Crippen molar-refractivity contribution in [1.29, 1.82) is 0 Å². The average Bonchev–Trinajstić information content (AvgIpc) is 1.87. The molecule has 2 N–H and O–H groups in total. The molecule has 1 aliphatic rings. The van der Waals surface area contributed by atoms with Crippen molar-refractivity contribution in [2.24, 2.45) is 0 Å². The van der Waals surface area contributed by atoms with Gasteiger partial charge in [0.05, 0.1) is 0 Å². The van der Waals surface area contributed by atoms with Gasteiger partial charge in [-0.05, 0) is 12.8 Å². The predicted octanol–water partition coefficient (Wildman–Crippen LogP) is 1.26. The van der Waals surface area contributed by atoms with Crippen LogP contribution in [0.4, 0.5) is 0 Å². The molecule has 0 saturated carbocycles. The summed E-state index contributed by atoms with van der Waals surface area (Å²) in [6.07, 6.45) is 1.74. The van der Waals surface area contributed by atoms with E-state index in [0.717, 1.165) is 6.42 Å². The second kappa shape index (κ2) is 3.04. The van der Waals surface area contributed by atoms with Crippen molar-refractivity contribution in [2.75, 3.05) is 6.61 Å². The lowest BCUT2D eigenvalue weighted by Gasteiger charge is -2.31. The topological polar surface area (TPSA) is 66.8 Å². The minimum Gasteiger partial charge on any atom is -0.349 e. The predicted molar refractivity (Wildman–Crippen MR) is 40.4 cm³/mol. The maximum Gasteiger partial charge on any atom is 0.372 e. The smallest absolute Gasteiger partial charge is 0.349 e. The van der Waals surface area contributed by atoms with Gasteiger partial charge in [0.25, 0.3) is 0 Å². The third-order valence-corrected chi connectivity index (χ3v) is 3.82. The highest BCUT2D eigenvalue weighted by atomic mass is 35.5. The van der Waals surface area contributed by atoms with Gasteiger partial charge in [0, 0.05) is 13.0 Å². The van der Waals surface area contributed by atoms with Crippen LogP contribution in [0.25, 0.3) is 0 Å². The van der Waals surface area contributed by atoms with Crippen LogP contribution in [-0.4, -0.2) is 21.2 Å². The second-order valence-corrected chi connectivity index (χ2v) is 5.22. The minimum atomic E-state index is -4.31. The quantitative estimate of drug-likeness (QED) is 0.494. The fraction of sp³-hybridized carbons (Fsp3) is 1.00. The van der Waals surface area contributed by atoms with Crippen LogP contribution in [0.15, 0.2) is 0 Å². The largest absolute Gasteiger partial charge is 0.372 e. The van der Waals surface area contributed by atoms with E-state index in [-0.39, 0.29) is 6.42 Å². The molecule has 1 atom stereocenters. The van der Waals surface area contributed by atoms with Gasteiger partial charge in [0.1, 0.15) is 0 Å². The Labute approximate surface area is 69.7 Å². The average molecular weight is 201 g/mol. The SMILES string of the molecule is O=P(O)(O)C1(Cl)CCCCO1. The lowest BCUT2D eigenvalue weighted by molar-refractivity contribution is 0.0207. The monoisotopic (exact) mass is 200 g/mol. The van der Waals surface area contributed by atoms with Crippen molar-refractivity contribution < 1.29 is 19.1 Å². The first-order valence-electron chi connectivity index (χ1n) is 3.34. The fourth-order valence-corrected chi connectivity index (χ4v) is 1.90. The van der Waals surface area contributed by atoms with Gasteiger partial charge in [-0.3, -0.25) is 4.57 Å². The summed E-state index contributed by atoms with van der Waals surface area (Å²) >= 11 is 5.57. The Kier molecular flexibility index (Phi) is 2.62. The molecule has 1 aliphatic heterocycles. The molecule has 66 valence electrons. The van der Waals surface area contributed by atoms with Gasteiger partial charge < -0.3 is 14.5 Å². The summed E-state index contributed by atoms with van der Waals surface area (Å²) in [5, 5.41) is 0. The van der Waals surface area contributed by atoms with E-state index in [2.05, 4.69) is 0 Å². The molecule has 1 rings (SSSR count). The zero-order valence-electron chi connectivity index (χ0n) is 5.86. The van der Waals surface area contributed by atoms with E-state index in [1.165, 1.54) is 0 Å². The minimum absolute atomic E-state index is 0.221. The fourth-order valence-electron chi connectivity index (χ4n) is 0.976. The zero-order valence-corrected chi connectivity index (χ0v) is 7.51. The van der Waals surface area contributed by atoms with Crippen LogP contribution in [0.1, 0.15) is 19.3 Å². The molecule has 0 amide bonds. The molecule has 0 radical (unpaired) electrons.